The summed E-state index contributed by atoms with van der Waals surface area (Å²) in [4.78, 5) is 11.1. The fraction of sp³-hybridized carbons (Fsp3) is 0.556. The smallest absolute Gasteiger partial charge is 0.388 e. The maximum absolute atomic E-state index is 14.4. The Kier molecular flexibility index (Phi) is 7.34. The monoisotopic (exact) mass is 438 g/mol. The van der Waals surface area contributed by atoms with Crippen molar-refractivity contribution >= 4 is 18.1 Å². The van der Waals surface area contributed by atoms with Crippen molar-refractivity contribution < 1.29 is 22.0 Å². The van der Waals surface area contributed by atoms with Crippen LogP contribution in [0.15, 0.2) is 21.3 Å². The number of halogens is 5. The fourth-order valence-electron chi connectivity index (χ4n) is 3.89. The number of aromatic amines is 1. The molecule has 0 spiro atoms. The van der Waals surface area contributed by atoms with Gasteiger partial charge in [0.15, 0.2) is 0 Å². The maximum atomic E-state index is 14.4. The van der Waals surface area contributed by atoms with Crippen molar-refractivity contribution in [3.63, 3.8) is 0 Å². The zero-order chi connectivity index (χ0) is 20.5. The summed E-state index contributed by atoms with van der Waals surface area (Å²) in [5.41, 5.74) is -1.83. The third-order valence-electron chi connectivity index (χ3n) is 5.28. The number of alkyl halides is 3. The van der Waals surface area contributed by atoms with Gasteiger partial charge in [0.25, 0.3) is 0 Å². The highest BCUT2D eigenvalue weighted by Gasteiger charge is 2.39. The highest BCUT2D eigenvalue weighted by Crippen LogP contribution is 2.40. The predicted molar refractivity (Wildman–Crippen MR) is 103 cm³/mol. The van der Waals surface area contributed by atoms with E-state index in [-0.39, 0.29) is 35.8 Å². The first-order valence-electron chi connectivity index (χ1n) is 9.14. The molecule has 2 aromatic rings. The zero-order valence-corrected chi connectivity index (χ0v) is 16.7. The Morgan fingerprint density at radius 3 is 2.69 bits per heavy atom. The minimum absolute atomic E-state index is 0. The molecule has 11 heteroatoms. The second-order valence-electron chi connectivity index (χ2n) is 7.05. The van der Waals surface area contributed by atoms with E-state index >= 15 is 0 Å². The third-order valence-corrected chi connectivity index (χ3v) is 5.28. The van der Waals surface area contributed by atoms with Gasteiger partial charge >= 0.3 is 11.9 Å². The molecule has 6 nitrogen and oxygen atoms in total. The standard InChI is InChI=1S/C18H22F4N4O2.ClH/c1-3-10-8-23-5-4-12(10)9(2)24-14-7-11(16-25-26-17(27)28-16)6-13(19)15(14)18(20,21)22;/h6-7,9-10,12,23-24H,3-5,8H2,1-2H3,(H,26,27);1H/t9?,10-,12-;/m0./s1. The Balaban J connectivity index is 0.00000300. The Labute approximate surface area is 170 Å². The molecule has 3 atom stereocenters. The second-order valence-corrected chi connectivity index (χ2v) is 7.05. The normalized spacial score (nSPS) is 20.8. The molecule has 1 aliphatic rings. The SMILES string of the molecule is CC[C@H]1CNCC[C@H]1C(C)Nc1cc(-c2n[nH]c(=O)o2)cc(F)c1C(F)(F)F.Cl. The van der Waals surface area contributed by atoms with Crippen LogP contribution in [0.5, 0.6) is 0 Å². The van der Waals surface area contributed by atoms with Gasteiger partial charge in [-0.2, -0.15) is 13.2 Å². The molecule has 0 saturated carbocycles. The first-order valence-corrected chi connectivity index (χ1v) is 9.14. The lowest BCUT2D eigenvalue weighted by molar-refractivity contribution is -0.139. The average molecular weight is 439 g/mol. The number of hydrogen-bond donors (Lipinski definition) is 3. The van der Waals surface area contributed by atoms with Crippen LogP contribution in [0.1, 0.15) is 32.3 Å². The molecule has 0 radical (unpaired) electrons. The van der Waals surface area contributed by atoms with Gasteiger partial charge in [-0.1, -0.05) is 13.3 Å². The van der Waals surface area contributed by atoms with Crippen LogP contribution in [0.3, 0.4) is 0 Å². The lowest BCUT2D eigenvalue weighted by Gasteiger charge is -2.37. The van der Waals surface area contributed by atoms with Crippen molar-refractivity contribution in [3.05, 3.63) is 34.1 Å². The number of H-pyrrole nitrogens is 1. The minimum atomic E-state index is -4.88. The predicted octanol–water partition coefficient (Wildman–Crippen LogP) is 4.05. The molecular weight excluding hydrogens is 416 g/mol. The molecule has 1 saturated heterocycles. The topological polar surface area (TPSA) is 83.0 Å². The molecule has 0 bridgehead atoms. The zero-order valence-electron chi connectivity index (χ0n) is 15.9. The highest BCUT2D eigenvalue weighted by atomic mass is 35.5. The van der Waals surface area contributed by atoms with Crippen LogP contribution in [-0.4, -0.2) is 29.3 Å². The number of anilines is 1. The van der Waals surface area contributed by atoms with Crippen LogP contribution < -0.4 is 16.4 Å². The molecule has 3 N–H and O–H groups in total. The quantitative estimate of drug-likeness (QED) is 0.613. The van der Waals surface area contributed by atoms with E-state index in [1.54, 1.807) is 6.92 Å². The van der Waals surface area contributed by atoms with E-state index in [0.717, 1.165) is 32.0 Å². The number of aromatic nitrogens is 2. The van der Waals surface area contributed by atoms with E-state index in [1.807, 2.05) is 12.0 Å². The van der Waals surface area contributed by atoms with Gasteiger partial charge in [-0.15, -0.1) is 17.5 Å². The molecule has 1 aliphatic heterocycles. The number of nitrogens with one attached hydrogen (secondary N) is 3. The van der Waals surface area contributed by atoms with Crippen molar-refractivity contribution in [2.45, 2.75) is 38.9 Å². The van der Waals surface area contributed by atoms with Crippen LogP contribution in [-0.2, 0) is 6.18 Å². The Hall–Kier alpha value is -2.07. The Bertz CT molecular complexity index is 883. The molecule has 0 aliphatic carbocycles. The summed E-state index contributed by atoms with van der Waals surface area (Å²) in [6.45, 7) is 5.43. The van der Waals surface area contributed by atoms with Gasteiger partial charge in [0, 0.05) is 11.6 Å². The molecule has 162 valence electrons. The summed E-state index contributed by atoms with van der Waals surface area (Å²) < 4.78 is 59.7. The molecule has 1 fully saturated rings. The molecule has 2 heterocycles. The summed E-state index contributed by atoms with van der Waals surface area (Å²) in [7, 11) is 0. The molecule has 1 aromatic carbocycles. The van der Waals surface area contributed by atoms with Gasteiger partial charge in [0.05, 0.1) is 5.69 Å². The van der Waals surface area contributed by atoms with E-state index in [0.29, 0.717) is 12.0 Å². The minimum Gasteiger partial charge on any atom is -0.388 e. The first-order chi connectivity index (χ1) is 13.2. The van der Waals surface area contributed by atoms with E-state index in [1.165, 1.54) is 0 Å². The van der Waals surface area contributed by atoms with E-state index < -0.39 is 29.0 Å². The van der Waals surface area contributed by atoms with Crippen molar-refractivity contribution in [1.82, 2.24) is 15.5 Å². The maximum Gasteiger partial charge on any atom is 0.434 e. The van der Waals surface area contributed by atoms with Crippen LogP contribution >= 0.6 is 12.4 Å². The summed E-state index contributed by atoms with van der Waals surface area (Å²) in [5.74, 6) is -2.16. The first kappa shape index (κ1) is 23.2. The molecule has 0 amide bonds. The molecule has 1 aromatic heterocycles. The number of benzene rings is 1. The van der Waals surface area contributed by atoms with Crippen LogP contribution in [0.2, 0.25) is 0 Å². The number of piperidine rings is 1. The molecular formula is C18H23ClF4N4O2. The molecule has 3 rings (SSSR count). The van der Waals surface area contributed by atoms with Crippen LogP contribution in [0.4, 0.5) is 23.2 Å². The fourth-order valence-corrected chi connectivity index (χ4v) is 3.89. The summed E-state index contributed by atoms with van der Waals surface area (Å²) >= 11 is 0. The summed E-state index contributed by atoms with van der Waals surface area (Å²) in [6.07, 6.45) is -3.18. The lowest BCUT2D eigenvalue weighted by atomic mass is 9.80. The lowest BCUT2D eigenvalue weighted by Crippen LogP contribution is -2.43. The van der Waals surface area contributed by atoms with E-state index in [9.17, 15) is 22.4 Å². The van der Waals surface area contributed by atoms with Gasteiger partial charge in [-0.25, -0.2) is 14.3 Å². The number of rotatable bonds is 5. The second kappa shape index (κ2) is 9.17. The Morgan fingerprint density at radius 1 is 1.38 bits per heavy atom. The average Bonchev–Trinajstić information content (AvgIpc) is 3.06. The van der Waals surface area contributed by atoms with Gasteiger partial charge in [0.2, 0.25) is 5.89 Å². The van der Waals surface area contributed by atoms with Crippen molar-refractivity contribution in [1.29, 1.82) is 0 Å². The third kappa shape index (κ3) is 5.11. The van der Waals surface area contributed by atoms with E-state index in [4.69, 9.17) is 4.42 Å². The van der Waals surface area contributed by atoms with Gasteiger partial charge in [0.1, 0.15) is 11.4 Å². The van der Waals surface area contributed by atoms with Gasteiger partial charge < -0.3 is 15.1 Å². The highest BCUT2D eigenvalue weighted by molar-refractivity contribution is 5.85. The van der Waals surface area contributed by atoms with Crippen LogP contribution in [0, 0.1) is 17.7 Å². The molecule has 29 heavy (non-hydrogen) atoms. The van der Waals surface area contributed by atoms with E-state index in [2.05, 4.69) is 15.7 Å². The molecule has 1 unspecified atom stereocenters. The summed E-state index contributed by atoms with van der Waals surface area (Å²) in [5, 5.41) is 11.7. The van der Waals surface area contributed by atoms with Gasteiger partial charge in [-0.3, -0.25) is 0 Å². The van der Waals surface area contributed by atoms with Crippen molar-refractivity contribution in [3.8, 4) is 11.5 Å². The largest absolute Gasteiger partial charge is 0.434 e. The number of hydrogen-bond acceptors (Lipinski definition) is 5. The van der Waals surface area contributed by atoms with Crippen molar-refractivity contribution in [2.75, 3.05) is 18.4 Å². The Morgan fingerprint density at radius 2 is 2.10 bits per heavy atom. The van der Waals surface area contributed by atoms with Crippen LogP contribution in [0.25, 0.3) is 11.5 Å². The van der Waals surface area contributed by atoms with Gasteiger partial charge in [-0.05, 0) is 50.4 Å². The number of nitrogens with zero attached hydrogens (tertiary/aromatic N) is 1. The summed E-state index contributed by atoms with van der Waals surface area (Å²) in [6, 6.07) is 1.47. The van der Waals surface area contributed by atoms with Crippen molar-refractivity contribution in [2.24, 2.45) is 11.8 Å².